The van der Waals surface area contributed by atoms with Gasteiger partial charge in [-0.15, -0.1) is 0 Å². The Balaban J connectivity index is 1.60. The summed E-state index contributed by atoms with van der Waals surface area (Å²) in [6, 6.07) is 9.28. The second-order valence-corrected chi connectivity index (χ2v) is 5.55. The maximum atomic E-state index is 12.8. The molecule has 0 amide bonds. The van der Waals surface area contributed by atoms with Gasteiger partial charge in [-0.2, -0.15) is 5.10 Å². The number of halogens is 1. The number of carbonyl (C=O) groups is 1. The number of ether oxygens (including phenoxy) is 1. The summed E-state index contributed by atoms with van der Waals surface area (Å²) < 4.78 is 25.5. The number of benzene rings is 1. The van der Waals surface area contributed by atoms with E-state index in [4.69, 9.17) is 9.15 Å². The maximum Gasteiger partial charge on any atom is 0.189 e. The molecule has 0 unspecified atom stereocenters. The fourth-order valence-corrected chi connectivity index (χ4v) is 2.34. The highest BCUT2D eigenvalue weighted by molar-refractivity contribution is 6.07. The van der Waals surface area contributed by atoms with Crippen LogP contribution in [0.15, 0.2) is 53.1 Å². The van der Waals surface area contributed by atoms with Gasteiger partial charge < -0.3 is 9.15 Å². The molecule has 0 saturated heterocycles. The first-order chi connectivity index (χ1) is 12.0. The molecule has 25 heavy (non-hydrogen) atoms. The van der Waals surface area contributed by atoms with Crippen LogP contribution >= 0.6 is 0 Å². The quantitative estimate of drug-likeness (QED) is 0.504. The van der Waals surface area contributed by atoms with Crippen molar-refractivity contribution in [2.24, 2.45) is 7.05 Å². The van der Waals surface area contributed by atoms with Gasteiger partial charge in [-0.25, -0.2) is 4.39 Å². The van der Waals surface area contributed by atoms with Gasteiger partial charge in [0, 0.05) is 13.2 Å². The van der Waals surface area contributed by atoms with Gasteiger partial charge in [0.05, 0.1) is 11.3 Å². The normalized spacial score (nSPS) is 11.2. The van der Waals surface area contributed by atoms with E-state index in [1.165, 1.54) is 18.2 Å². The van der Waals surface area contributed by atoms with Crippen molar-refractivity contribution in [1.29, 1.82) is 0 Å². The molecule has 0 atom stereocenters. The molecule has 0 fully saturated rings. The van der Waals surface area contributed by atoms with Crippen LogP contribution in [0.25, 0.3) is 6.08 Å². The highest BCUT2D eigenvalue weighted by atomic mass is 19.1. The van der Waals surface area contributed by atoms with E-state index in [1.807, 2.05) is 0 Å². The molecule has 2 heterocycles. The second kappa shape index (κ2) is 7.17. The Bertz CT molecular complexity index is 907. The van der Waals surface area contributed by atoms with Crippen molar-refractivity contribution in [3.05, 3.63) is 77.3 Å². The van der Waals surface area contributed by atoms with Crippen molar-refractivity contribution in [1.82, 2.24) is 9.78 Å². The Labute approximate surface area is 144 Å². The molecule has 0 aliphatic rings. The van der Waals surface area contributed by atoms with E-state index >= 15 is 0 Å². The van der Waals surface area contributed by atoms with Gasteiger partial charge in [0.15, 0.2) is 5.78 Å². The molecular formula is C19H17FN2O3. The van der Waals surface area contributed by atoms with Crippen LogP contribution in [-0.4, -0.2) is 15.6 Å². The zero-order valence-electron chi connectivity index (χ0n) is 13.9. The van der Waals surface area contributed by atoms with Gasteiger partial charge in [0.25, 0.3) is 0 Å². The van der Waals surface area contributed by atoms with Crippen molar-refractivity contribution in [3.8, 4) is 5.75 Å². The van der Waals surface area contributed by atoms with E-state index in [2.05, 4.69) is 5.10 Å². The lowest BCUT2D eigenvalue weighted by Crippen LogP contribution is -1.94. The summed E-state index contributed by atoms with van der Waals surface area (Å²) in [5, 5.41) is 4.15. The standard InChI is InChI=1S/C19H17FN2O3/c1-13-18(11-22(2)21-13)19(23)10-9-16-7-8-17(25-16)12-24-15-5-3-14(20)4-6-15/h3-11H,12H2,1-2H3. The Morgan fingerprint density at radius 3 is 2.72 bits per heavy atom. The first kappa shape index (κ1) is 16.7. The van der Waals surface area contributed by atoms with Crippen molar-refractivity contribution in [2.45, 2.75) is 13.5 Å². The van der Waals surface area contributed by atoms with E-state index in [-0.39, 0.29) is 18.2 Å². The first-order valence-corrected chi connectivity index (χ1v) is 7.71. The zero-order valence-corrected chi connectivity index (χ0v) is 13.9. The highest BCUT2D eigenvalue weighted by Crippen LogP contribution is 2.16. The fraction of sp³-hybridized carbons (Fsp3) is 0.158. The number of hydrogen-bond acceptors (Lipinski definition) is 4. The molecule has 3 rings (SSSR count). The Kier molecular flexibility index (Phi) is 4.79. The topological polar surface area (TPSA) is 57.3 Å². The molecule has 5 nitrogen and oxygen atoms in total. The summed E-state index contributed by atoms with van der Waals surface area (Å²) >= 11 is 0. The molecular weight excluding hydrogens is 323 g/mol. The number of rotatable bonds is 6. The van der Waals surface area contributed by atoms with Crippen LogP contribution in [0, 0.1) is 12.7 Å². The minimum atomic E-state index is -0.314. The lowest BCUT2D eigenvalue weighted by molar-refractivity contribution is 0.104. The fourth-order valence-electron chi connectivity index (χ4n) is 2.34. The Morgan fingerprint density at radius 2 is 2.04 bits per heavy atom. The van der Waals surface area contributed by atoms with Crippen molar-refractivity contribution in [3.63, 3.8) is 0 Å². The molecule has 0 aliphatic carbocycles. The smallest absolute Gasteiger partial charge is 0.189 e. The average molecular weight is 340 g/mol. The van der Waals surface area contributed by atoms with E-state index in [0.717, 1.165) is 0 Å². The third-order valence-electron chi connectivity index (χ3n) is 3.56. The maximum absolute atomic E-state index is 12.8. The number of carbonyl (C=O) groups excluding carboxylic acids is 1. The molecule has 0 spiro atoms. The Morgan fingerprint density at radius 1 is 1.28 bits per heavy atom. The predicted octanol–water partition coefficient (Wildman–Crippen LogP) is 3.94. The molecule has 6 heteroatoms. The van der Waals surface area contributed by atoms with E-state index in [1.54, 1.807) is 55.2 Å². The lowest BCUT2D eigenvalue weighted by atomic mass is 10.1. The number of hydrogen-bond donors (Lipinski definition) is 0. The average Bonchev–Trinajstić information content (AvgIpc) is 3.18. The van der Waals surface area contributed by atoms with Crippen LogP contribution in [0.3, 0.4) is 0 Å². The minimum Gasteiger partial charge on any atom is -0.486 e. The summed E-state index contributed by atoms with van der Waals surface area (Å²) in [5.41, 5.74) is 1.25. The monoisotopic (exact) mass is 340 g/mol. The van der Waals surface area contributed by atoms with E-state index < -0.39 is 0 Å². The largest absolute Gasteiger partial charge is 0.486 e. The van der Waals surface area contributed by atoms with Gasteiger partial charge in [-0.05, 0) is 55.5 Å². The summed E-state index contributed by atoms with van der Waals surface area (Å²) in [6.07, 6.45) is 4.75. The minimum absolute atomic E-state index is 0.133. The number of furan rings is 1. The third-order valence-corrected chi connectivity index (χ3v) is 3.56. The third kappa shape index (κ3) is 4.23. The van der Waals surface area contributed by atoms with Crippen molar-refractivity contribution < 1.29 is 18.3 Å². The van der Waals surface area contributed by atoms with Crippen LogP contribution in [0.5, 0.6) is 5.75 Å². The molecule has 1 aromatic carbocycles. The Hall–Kier alpha value is -3.15. The van der Waals surface area contributed by atoms with Crippen molar-refractivity contribution in [2.75, 3.05) is 0 Å². The molecule has 0 radical (unpaired) electrons. The number of aromatic nitrogens is 2. The van der Waals surface area contributed by atoms with E-state index in [9.17, 15) is 9.18 Å². The molecule has 0 saturated carbocycles. The van der Waals surface area contributed by atoms with Gasteiger partial charge >= 0.3 is 0 Å². The summed E-state index contributed by atoms with van der Waals surface area (Å²) in [6.45, 7) is 2.01. The van der Waals surface area contributed by atoms with Crippen LogP contribution in [0.1, 0.15) is 27.6 Å². The first-order valence-electron chi connectivity index (χ1n) is 7.71. The summed E-state index contributed by atoms with van der Waals surface area (Å²) in [5.74, 6) is 1.26. The lowest BCUT2D eigenvalue weighted by Gasteiger charge is -2.03. The molecule has 128 valence electrons. The SMILES string of the molecule is Cc1nn(C)cc1C(=O)C=Cc1ccc(COc2ccc(F)cc2)o1. The van der Waals surface area contributed by atoms with E-state index in [0.29, 0.717) is 28.5 Å². The molecule has 0 bridgehead atoms. The molecule has 2 aromatic heterocycles. The van der Waals surface area contributed by atoms with Crippen LogP contribution in [0.2, 0.25) is 0 Å². The second-order valence-electron chi connectivity index (χ2n) is 5.55. The predicted molar refractivity (Wildman–Crippen MR) is 90.7 cm³/mol. The zero-order chi connectivity index (χ0) is 17.8. The summed E-state index contributed by atoms with van der Waals surface area (Å²) in [7, 11) is 1.77. The highest BCUT2D eigenvalue weighted by Gasteiger charge is 2.09. The van der Waals surface area contributed by atoms with Crippen LogP contribution < -0.4 is 4.74 Å². The van der Waals surface area contributed by atoms with Crippen LogP contribution in [-0.2, 0) is 13.7 Å². The number of aryl methyl sites for hydroxylation is 2. The molecule has 0 aliphatic heterocycles. The van der Waals surface area contributed by atoms with Crippen molar-refractivity contribution >= 4 is 11.9 Å². The number of allylic oxidation sites excluding steroid dienone is 1. The van der Waals surface area contributed by atoms with Gasteiger partial charge in [-0.3, -0.25) is 9.48 Å². The van der Waals surface area contributed by atoms with Gasteiger partial charge in [0.1, 0.15) is 29.7 Å². The summed E-state index contributed by atoms with van der Waals surface area (Å²) in [4.78, 5) is 12.2. The van der Waals surface area contributed by atoms with Crippen LogP contribution in [0.4, 0.5) is 4.39 Å². The number of nitrogens with zero attached hydrogens (tertiary/aromatic N) is 2. The molecule has 0 N–H and O–H groups in total. The number of ketones is 1. The molecule has 3 aromatic rings. The van der Waals surface area contributed by atoms with Gasteiger partial charge in [0.2, 0.25) is 0 Å². The van der Waals surface area contributed by atoms with Gasteiger partial charge in [-0.1, -0.05) is 0 Å².